The highest BCUT2D eigenvalue weighted by Crippen LogP contribution is 2.19. The van der Waals surface area contributed by atoms with Crippen LogP contribution in [0.2, 0.25) is 0 Å². The first-order chi connectivity index (χ1) is 11.1. The number of rotatable bonds is 5. The van der Waals surface area contributed by atoms with E-state index in [0.29, 0.717) is 18.9 Å². The van der Waals surface area contributed by atoms with E-state index in [0.717, 1.165) is 23.5 Å². The number of carbonyl (C=O) groups is 1. The molecule has 7 nitrogen and oxygen atoms in total. The fourth-order valence-electron chi connectivity index (χ4n) is 2.55. The molecule has 0 spiro atoms. The summed E-state index contributed by atoms with van der Waals surface area (Å²) in [4.78, 5) is 20.6. The summed E-state index contributed by atoms with van der Waals surface area (Å²) in [6, 6.07) is 1.90. The molecule has 1 aliphatic rings. The van der Waals surface area contributed by atoms with E-state index in [1.54, 1.807) is 12.4 Å². The number of aryl methyl sites for hydroxylation is 1. The van der Waals surface area contributed by atoms with Crippen molar-refractivity contribution in [2.45, 2.75) is 26.1 Å². The highest BCUT2D eigenvalue weighted by atomic mass is 16.5. The third kappa shape index (κ3) is 3.75. The third-order valence-corrected chi connectivity index (χ3v) is 3.77. The second-order valence-electron chi connectivity index (χ2n) is 5.53. The number of fused-ring (bicyclic) bond motifs is 1. The van der Waals surface area contributed by atoms with Gasteiger partial charge in [-0.25, -0.2) is 4.98 Å². The Morgan fingerprint density at radius 1 is 1.52 bits per heavy atom. The Labute approximate surface area is 134 Å². The van der Waals surface area contributed by atoms with Gasteiger partial charge in [-0.05, 0) is 13.0 Å². The van der Waals surface area contributed by atoms with Crippen LogP contribution in [0.4, 0.5) is 5.69 Å². The number of anilines is 1. The lowest BCUT2D eigenvalue weighted by Gasteiger charge is -2.17. The summed E-state index contributed by atoms with van der Waals surface area (Å²) < 4.78 is 12.8. The number of hydrogen-bond donors (Lipinski definition) is 1. The number of nitrogens with zero attached hydrogens (tertiary/aromatic N) is 3. The van der Waals surface area contributed by atoms with Crippen molar-refractivity contribution in [2.75, 3.05) is 18.5 Å². The van der Waals surface area contributed by atoms with E-state index < -0.39 is 0 Å². The molecule has 1 atom stereocenters. The highest BCUT2D eigenvalue weighted by molar-refractivity contribution is 5.91. The van der Waals surface area contributed by atoms with E-state index >= 15 is 0 Å². The Morgan fingerprint density at radius 2 is 2.39 bits per heavy atom. The van der Waals surface area contributed by atoms with E-state index in [-0.39, 0.29) is 18.6 Å². The molecule has 0 saturated carbocycles. The first-order valence-electron chi connectivity index (χ1n) is 7.57. The van der Waals surface area contributed by atoms with Gasteiger partial charge in [0.25, 0.3) is 0 Å². The second kappa shape index (κ2) is 6.89. The molecule has 1 N–H and O–H groups in total. The lowest BCUT2D eigenvalue weighted by Crippen LogP contribution is -2.21. The number of pyridine rings is 1. The van der Waals surface area contributed by atoms with Crippen molar-refractivity contribution in [1.82, 2.24) is 14.5 Å². The van der Waals surface area contributed by atoms with Gasteiger partial charge in [-0.15, -0.1) is 0 Å². The van der Waals surface area contributed by atoms with Gasteiger partial charge in [0.2, 0.25) is 5.91 Å². The molecule has 7 heteroatoms. The van der Waals surface area contributed by atoms with Crippen LogP contribution in [-0.4, -0.2) is 33.7 Å². The molecule has 1 aliphatic heterocycles. The number of aromatic nitrogens is 3. The Balaban J connectivity index is 1.54. The van der Waals surface area contributed by atoms with Gasteiger partial charge in [0.1, 0.15) is 18.5 Å². The maximum absolute atomic E-state index is 12.0. The zero-order valence-corrected chi connectivity index (χ0v) is 13.3. The van der Waals surface area contributed by atoms with Gasteiger partial charge in [0, 0.05) is 37.1 Å². The Morgan fingerprint density at radius 3 is 3.17 bits per heavy atom. The third-order valence-electron chi connectivity index (χ3n) is 3.77. The zero-order chi connectivity index (χ0) is 16.2. The zero-order valence-electron chi connectivity index (χ0n) is 13.3. The summed E-state index contributed by atoms with van der Waals surface area (Å²) in [5.74, 6) is 0.565. The average Bonchev–Trinajstić information content (AvgIpc) is 2.98. The van der Waals surface area contributed by atoms with Crippen LogP contribution in [0.5, 0.6) is 0 Å². The summed E-state index contributed by atoms with van der Waals surface area (Å²) in [7, 11) is 1.89. The maximum atomic E-state index is 12.0. The molecule has 122 valence electrons. The number of nitrogens with one attached hydrogen (secondary N) is 1. The Hall–Kier alpha value is -2.25. The van der Waals surface area contributed by atoms with E-state index in [2.05, 4.69) is 15.3 Å². The summed E-state index contributed by atoms with van der Waals surface area (Å²) in [5.41, 5.74) is 2.72. The molecule has 0 fully saturated rings. The van der Waals surface area contributed by atoms with Crippen LogP contribution in [0.15, 0.2) is 24.7 Å². The van der Waals surface area contributed by atoms with Crippen LogP contribution in [0.3, 0.4) is 0 Å². The first-order valence-corrected chi connectivity index (χ1v) is 7.57. The van der Waals surface area contributed by atoms with E-state index in [9.17, 15) is 4.79 Å². The molecule has 2 aromatic heterocycles. The van der Waals surface area contributed by atoms with Gasteiger partial charge in [0.15, 0.2) is 0 Å². The molecule has 0 aliphatic carbocycles. The van der Waals surface area contributed by atoms with Crippen LogP contribution in [-0.2, 0) is 34.3 Å². The molecule has 23 heavy (non-hydrogen) atoms. The van der Waals surface area contributed by atoms with E-state index in [4.69, 9.17) is 9.47 Å². The van der Waals surface area contributed by atoms with Crippen LogP contribution in [0.1, 0.15) is 30.1 Å². The number of hydrogen-bond acceptors (Lipinski definition) is 5. The average molecular weight is 316 g/mol. The van der Waals surface area contributed by atoms with Gasteiger partial charge in [0.05, 0.1) is 25.1 Å². The number of carbonyl (C=O) groups excluding carboxylic acids is 1. The van der Waals surface area contributed by atoms with Crippen molar-refractivity contribution < 1.29 is 14.3 Å². The van der Waals surface area contributed by atoms with E-state index in [1.807, 2.05) is 30.8 Å². The van der Waals surface area contributed by atoms with Crippen molar-refractivity contribution in [2.24, 2.45) is 7.05 Å². The van der Waals surface area contributed by atoms with Gasteiger partial charge in [-0.2, -0.15) is 0 Å². The number of amides is 1. The predicted molar refractivity (Wildman–Crippen MR) is 83.8 cm³/mol. The largest absolute Gasteiger partial charge is 0.376 e. The van der Waals surface area contributed by atoms with Gasteiger partial charge >= 0.3 is 0 Å². The minimum absolute atomic E-state index is 0.0401. The van der Waals surface area contributed by atoms with Gasteiger partial charge < -0.3 is 19.4 Å². The lowest BCUT2D eigenvalue weighted by atomic mass is 10.1. The first kappa shape index (κ1) is 15.6. The molecule has 3 rings (SSSR count). The van der Waals surface area contributed by atoms with Crippen molar-refractivity contribution in [3.05, 3.63) is 41.7 Å². The topological polar surface area (TPSA) is 78.3 Å². The summed E-state index contributed by atoms with van der Waals surface area (Å²) in [6.07, 6.45) is 5.78. The predicted octanol–water partition coefficient (Wildman–Crippen LogP) is 1.60. The van der Waals surface area contributed by atoms with Crippen LogP contribution in [0.25, 0.3) is 0 Å². The molecular weight excluding hydrogens is 296 g/mol. The van der Waals surface area contributed by atoms with Gasteiger partial charge in [-0.3, -0.25) is 9.78 Å². The van der Waals surface area contributed by atoms with Crippen LogP contribution in [0, 0.1) is 0 Å². The summed E-state index contributed by atoms with van der Waals surface area (Å²) in [6.45, 7) is 3.07. The lowest BCUT2D eigenvalue weighted by molar-refractivity contribution is -0.122. The highest BCUT2D eigenvalue weighted by Gasteiger charge is 2.15. The Bertz CT molecular complexity index is 698. The normalized spacial score (nSPS) is 15.0. The minimum atomic E-state index is -0.254. The molecule has 0 bridgehead atoms. The standard InChI is InChI=1S/C16H20N4O3/c1-11(16-17-4-5-20(16)2)23-10-15(21)19-13-7-12-9-22-6-3-14(12)18-8-13/h4-5,7-8,11H,3,6,9-10H2,1-2H3,(H,19,21). The molecule has 1 unspecified atom stereocenters. The summed E-state index contributed by atoms with van der Waals surface area (Å²) in [5, 5.41) is 2.80. The molecule has 0 aromatic carbocycles. The van der Waals surface area contributed by atoms with E-state index in [1.165, 1.54) is 0 Å². The second-order valence-corrected chi connectivity index (χ2v) is 5.53. The molecule has 2 aromatic rings. The molecule has 0 saturated heterocycles. The smallest absolute Gasteiger partial charge is 0.250 e. The Kier molecular flexibility index (Phi) is 4.68. The van der Waals surface area contributed by atoms with Gasteiger partial charge in [-0.1, -0.05) is 0 Å². The quantitative estimate of drug-likeness (QED) is 0.906. The number of imidazole rings is 1. The maximum Gasteiger partial charge on any atom is 0.250 e. The van der Waals surface area contributed by atoms with Crippen LogP contribution < -0.4 is 5.32 Å². The van der Waals surface area contributed by atoms with Crippen LogP contribution >= 0.6 is 0 Å². The van der Waals surface area contributed by atoms with Crippen molar-refractivity contribution >= 4 is 11.6 Å². The fourth-order valence-corrected chi connectivity index (χ4v) is 2.55. The van der Waals surface area contributed by atoms with Crippen molar-refractivity contribution in [1.29, 1.82) is 0 Å². The molecule has 1 amide bonds. The minimum Gasteiger partial charge on any atom is -0.376 e. The number of ether oxygens (including phenoxy) is 2. The fraction of sp³-hybridized carbons (Fsp3) is 0.438. The molecular formula is C16H20N4O3. The summed E-state index contributed by atoms with van der Waals surface area (Å²) >= 11 is 0. The molecule has 3 heterocycles. The SMILES string of the molecule is CC(OCC(=O)Nc1cnc2c(c1)COCC2)c1nccn1C. The van der Waals surface area contributed by atoms with Crippen molar-refractivity contribution in [3.63, 3.8) is 0 Å². The monoisotopic (exact) mass is 316 g/mol. The molecule has 0 radical (unpaired) electrons. The van der Waals surface area contributed by atoms with Crippen molar-refractivity contribution in [3.8, 4) is 0 Å².